The second-order valence-electron chi connectivity index (χ2n) is 5.38. The Morgan fingerprint density at radius 1 is 0.789 bits per heavy atom. The van der Waals surface area contributed by atoms with E-state index in [9.17, 15) is 0 Å². The number of rotatable bonds is 4. The zero-order chi connectivity index (χ0) is 13.8. The molecule has 0 aliphatic heterocycles. The zero-order valence-corrected chi connectivity index (χ0v) is 12.2. The number of hydrogen-bond donors (Lipinski definition) is 0. The topological polar surface area (TPSA) is 6.48 Å². The molecule has 2 heteroatoms. The lowest BCUT2D eigenvalue weighted by molar-refractivity contribution is 0.402. The highest BCUT2D eigenvalue weighted by Crippen LogP contribution is 2.24. The van der Waals surface area contributed by atoms with Gasteiger partial charge < -0.3 is 9.80 Å². The summed E-state index contributed by atoms with van der Waals surface area (Å²) in [6.07, 6.45) is 0. The van der Waals surface area contributed by atoms with Gasteiger partial charge in [-0.2, -0.15) is 0 Å². The van der Waals surface area contributed by atoms with Crippen LogP contribution in [-0.4, -0.2) is 33.1 Å². The average Bonchev–Trinajstić information content (AvgIpc) is 2.38. The van der Waals surface area contributed by atoms with Crippen LogP contribution < -0.4 is 4.90 Å². The molecule has 2 aromatic rings. The van der Waals surface area contributed by atoms with E-state index in [0.717, 1.165) is 6.54 Å². The minimum atomic E-state index is 0.973. The molecule has 0 amide bonds. The molecule has 0 spiro atoms. The lowest BCUT2D eigenvalue weighted by atomic mass is 10.0. The number of anilines is 1. The monoisotopic (exact) mass is 254 g/mol. The Morgan fingerprint density at radius 3 is 2.05 bits per heavy atom. The van der Waals surface area contributed by atoms with Crippen LogP contribution in [-0.2, 0) is 6.54 Å². The van der Waals surface area contributed by atoms with Crippen molar-refractivity contribution in [3.63, 3.8) is 0 Å². The van der Waals surface area contributed by atoms with Gasteiger partial charge in [-0.25, -0.2) is 0 Å². The van der Waals surface area contributed by atoms with Crippen LogP contribution >= 0.6 is 0 Å². The molecule has 0 bridgehead atoms. The smallest absolute Gasteiger partial charge is 0.0367 e. The summed E-state index contributed by atoms with van der Waals surface area (Å²) < 4.78 is 0. The van der Waals surface area contributed by atoms with Crippen molar-refractivity contribution in [1.29, 1.82) is 0 Å². The summed E-state index contributed by atoms with van der Waals surface area (Å²) in [5, 5.41) is 0. The van der Waals surface area contributed by atoms with Gasteiger partial charge in [0.25, 0.3) is 0 Å². The number of benzene rings is 2. The van der Waals surface area contributed by atoms with E-state index in [2.05, 4.69) is 86.5 Å². The summed E-state index contributed by atoms with van der Waals surface area (Å²) in [6.45, 7) is 0.973. The summed E-state index contributed by atoms with van der Waals surface area (Å²) in [7, 11) is 8.34. The standard InChI is InChI=1S/C17H22N2/c1-18(2)13-14-7-5-8-15(11-14)16-9-6-10-17(12-16)19(3)4/h5-12H,13H2,1-4H3. The Balaban J connectivity index is 2.33. The highest BCUT2D eigenvalue weighted by atomic mass is 15.1. The fourth-order valence-electron chi connectivity index (χ4n) is 2.18. The molecule has 0 radical (unpaired) electrons. The molecule has 2 nitrogen and oxygen atoms in total. The van der Waals surface area contributed by atoms with Gasteiger partial charge in [0.15, 0.2) is 0 Å². The van der Waals surface area contributed by atoms with Crippen LogP contribution in [0.2, 0.25) is 0 Å². The Hall–Kier alpha value is -1.80. The van der Waals surface area contributed by atoms with Crippen LogP contribution in [0.25, 0.3) is 11.1 Å². The van der Waals surface area contributed by atoms with Crippen molar-refractivity contribution < 1.29 is 0 Å². The van der Waals surface area contributed by atoms with E-state index in [4.69, 9.17) is 0 Å². The molecule has 0 atom stereocenters. The van der Waals surface area contributed by atoms with E-state index in [-0.39, 0.29) is 0 Å². The third-order valence-corrected chi connectivity index (χ3v) is 3.12. The third kappa shape index (κ3) is 3.58. The molecule has 0 fully saturated rings. The van der Waals surface area contributed by atoms with Crippen molar-refractivity contribution in [3.8, 4) is 11.1 Å². The van der Waals surface area contributed by atoms with Gasteiger partial charge in [0.2, 0.25) is 0 Å². The van der Waals surface area contributed by atoms with Crippen molar-refractivity contribution in [2.45, 2.75) is 6.54 Å². The van der Waals surface area contributed by atoms with E-state index < -0.39 is 0 Å². The van der Waals surface area contributed by atoms with Gasteiger partial charge in [0.05, 0.1) is 0 Å². The Kier molecular flexibility index (Phi) is 4.23. The molecule has 0 saturated carbocycles. The molecule has 100 valence electrons. The third-order valence-electron chi connectivity index (χ3n) is 3.12. The zero-order valence-electron chi connectivity index (χ0n) is 12.2. The fourth-order valence-corrected chi connectivity index (χ4v) is 2.18. The second kappa shape index (κ2) is 5.89. The molecular weight excluding hydrogens is 232 g/mol. The largest absolute Gasteiger partial charge is 0.378 e. The SMILES string of the molecule is CN(C)Cc1cccc(-c2cccc(N(C)C)c2)c1. The van der Waals surface area contributed by atoms with Crippen LogP contribution in [0, 0.1) is 0 Å². The quantitative estimate of drug-likeness (QED) is 0.824. The first-order chi connectivity index (χ1) is 9.06. The van der Waals surface area contributed by atoms with Crippen molar-refractivity contribution in [1.82, 2.24) is 4.90 Å². The van der Waals surface area contributed by atoms with Crippen LogP contribution in [0.3, 0.4) is 0 Å². The molecule has 0 heterocycles. The first-order valence-corrected chi connectivity index (χ1v) is 6.57. The highest BCUT2D eigenvalue weighted by Gasteiger charge is 2.02. The maximum absolute atomic E-state index is 2.27. The molecule has 0 saturated heterocycles. The van der Waals surface area contributed by atoms with E-state index in [0.29, 0.717) is 0 Å². The lowest BCUT2D eigenvalue weighted by Crippen LogP contribution is -2.10. The van der Waals surface area contributed by atoms with Crippen molar-refractivity contribution in [3.05, 3.63) is 54.1 Å². The summed E-state index contributed by atoms with van der Waals surface area (Å²) in [5.41, 5.74) is 5.13. The maximum atomic E-state index is 2.27. The summed E-state index contributed by atoms with van der Waals surface area (Å²) in [4.78, 5) is 4.32. The minimum Gasteiger partial charge on any atom is -0.378 e. The summed E-state index contributed by atoms with van der Waals surface area (Å²) >= 11 is 0. The fraction of sp³-hybridized carbons (Fsp3) is 0.294. The Labute approximate surface area is 116 Å². The molecular formula is C17H22N2. The first kappa shape index (κ1) is 13.6. The number of nitrogens with zero attached hydrogens (tertiary/aromatic N) is 2. The van der Waals surface area contributed by atoms with E-state index >= 15 is 0 Å². The minimum absolute atomic E-state index is 0.973. The Bertz CT molecular complexity index is 544. The lowest BCUT2D eigenvalue weighted by Gasteiger charge is -2.14. The summed E-state index contributed by atoms with van der Waals surface area (Å²) in [5.74, 6) is 0. The molecule has 0 aliphatic rings. The van der Waals surface area contributed by atoms with Gasteiger partial charge in [-0.05, 0) is 49.0 Å². The molecule has 2 rings (SSSR count). The normalized spacial score (nSPS) is 10.8. The van der Waals surface area contributed by atoms with Gasteiger partial charge in [-0.3, -0.25) is 0 Å². The number of hydrogen-bond acceptors (Lipinski definition) is 2. The van der Waals surface area contributed by atoms with Crippen molar-refractivity contribution in [2.75, 3.05) is 33.1 Å². The molecule has 0 unspecified atom stereocenters. The van der Waals surface area contributed by atoms with Gasteiger partial charge in [0.1, 0.15) is 0 Å². The van der Waals surface area contributed by atoms with Crippen LogP contribution in [0.1, 0.15) is 5.56 Å². The first-order valence-electron chi connectivity index (χ1n) is 6.57. The molecule has 0 aromatic heterocycles. The van der Waals surface area contributed by atoms with E-state index in [1.54, 1.807) is 0 Å². The van der Waals surface area contributed by atoms with Gasteiger partial charge in [0, 0.05) is 26.3 Å². The second-order valence-corrected chi connectivity index (χ2v) is 5.38. The Morgan fingerprint density at radius 2 is 1.42 bits per heavy atom. The van der Waals surface area contributed by atoms with Crippen LogP contribution in [0.4, 0.5) is 5.69 Å². The average molecular weight is 254 g/mol. The van der Waals surface area contributed by atoms with Gasteiger partial charge in [-0.15, -0.1) is 0 Å². The predicted octanol–water partition coefficient (Wildman–Crippen LogP) is 3.48. The van der Waals surface area contributed by atoms with E-state index in [1.165, 1.54) is 22.4 Å². The maximum Gasteiger partial charge on any atom is 0.0367 e. The van der Waals surface area contributed by atoms with Crippen LogP contribution in [0.5, 0.6) is 0 Å². The molecule has 0 N–H and O–H groups in total. The highest BCUT2D eigenvalue weighted by molar-refractivity contribution is 5.68. The van der Waals surface area contributed by atoms with E-state index in [1.807, 2.05) is 0 Å². The van der Waals surface area contributed by atoms with Gasteiger partial charge >= 0.3 is 0 Å². The molecule has 2 aromatic carbocycles. The summed E-state index contributed by atoms with van der Waals surface area (Å²) in [6, 6.07) is 17.4. The molecule has 0 aliphatic carbocycles. The van der Waals surface area contributed by atoms with Crippen molar-refractivity contribution >= 4 is 5.69 Å². The van der Waals surface area contributed by atoms with Gasteiger partial charge in [-0.1, -0.05) is 30.3 Å². The van der Waals surface area contributed by atoms with Crippen LogP contribution in [0.15, 0.2) is 48.5 Å². The van der Waals surface area contributed by atoms with Crippen molar-refractivity contribution in [2.24, 2.45) is 0 Å². The molecule has 19 heavy (non-hydrogen) atoms. The predicted molar refractivity (Wildman–Crippen MR) is 83.6 cm³/mol.